The fourth-order valence-corrected chi connectivity index (χ4v) is 2.45. The van der Waals surface area contributed by atoms with Gasteiger partial charge in [0, 0.05) is 24.4 Å². The Hall–Kier alpha value is -2.66. The molecule has 1 amide bonds. The number of benzene rings is 1. The Morgan fingerprint density at radius 2 is 1.96 bits per heavy atom. The number of hydrogen-bond acceptors (Lipinski definition) is 5. The van der Waals surface area contributed by atoms with Crippen LogP contribution in [0, 0.1) is 0 Å². The minimum atomic E-state index is -4.49. The minimum Gasteiger partial charge on any atom is -0.468 e. The second-order valence-electron chi connectivity index (χ2n) is 5.16. The van der Waals surface area contributed by atoms with Crippen molar-refractivity contribution in [2.75, 3.05) is 6.61 Å². The van der Waals surface area contributed by atoms with Gasteiger partial charge in [0.25, 0.3) is 5.91 Å². The number of carbonyl (C=O) groups excluding carboxylic acids is 1. The first kappa shape index (κ1) is 19.7. The Morgan fingerprint density at radius 1 is 1.23 bits per heavy atom. The van der Waals surface area contributed by atoms with Crippen molar-refractivity contribution in [1.82, 2.24) is 10.3 Å². The maximum absolute atomic E-state index is 12.1. The molecule has 3 N–H and O–H groups in total. The molecule has 2 aromatic rings. The van der Waals surface area contributed by atoms with Gasteiger partial charge in [-0.2, -0.15) is 13.2 Å². The average molecular weight is 389 g/mol. The van der Waals surface area contributed by atoms with Crippen molar-refractivity contribution in [3.8, 4) is 5.88 Å². The lowest BCUT2D eigenvalue weighted by Gasteiger charge is -2.10. The Balaban J connectivity index is 2.02. The predicted molar refractivity (Wildman–Crippen MR) is 84.8 cm³/mol. The zero-order chi connectivity index (χ0) is 19.4. The van der Waals surface area contributed by atoms with E-state index < -0.39 is 28.7 Å². The highest BCUT2D eigenvalue weighted by Gasteiger charge is 2.28. The number of rotatable bonds is 6. The van der Waals surface area contributed by atoms with Crippen LogP contribution >= 0.6 is 0 Å². The van der Waals surface area contributed by atoms with Gasteiger partial charge in [-0.05, 0) is 29.8 Å². The van der Waals surface area contributed by atoms with Gasteiger partial charge in [-0.3, -0.25) is 4.79 Å². The molecule has 0 unspecified atom stereocenters. The minimum absolute atomic E-state index is 0.0245. The molecule has 0 aliphatic heterocycles. The third kappa shape index (κ3) is 6.01. The van der Waals surface area contributed by atoms with Gasteiger partial charge in [-0.25, -0.2) is 18.5 Å². The topological polar surface area (TPSA) is 111 Å². The summed E-state index contributed by atoms with van der Waals surface area (Å²) in [5, 5.41) is 7.52. The molecule has 0 atom stereocenters. The number of nitrogens with two attached hydrogens (primary N) is 1. The number of pyridine rings is 1. The van der Waals surface area contributed by atoms with Crippen molar-refractivity contribution in [1.29, 1.82) is 0 Å². The molecule has 0 aliphatic carbocycles. The molecule has 2 rings (SSSR count). The normalized spacial score (nSPS) is 11.8. The Kier molecular flexibility index (Phi) is 5.83. The zero-order valence-corrected chi connectivity index (χ0v) is 14.0. The third-order valence-corrected chi connectivity index (χ3v) is 3.97. The van der Waals surface area contributed by atoms with Gasteiger partial charge >= 0.3 is 6.18 Å². The van der Waals surface area contributed by atoms with E-state index in [0.717, 1.165) is 6.07 Å². The van der Waals surface area contributed by atoms with Gasteiger partial charge in [0.1, 0.15) is 0 Å². The number of carbonyl (C=O) groups is 1. The van der Waals surface area contributed by atoms with Gasteiger partial charge in [-0.15, -0.1) is 0 Å². The number of ether oxygens (including phenoxy) is 1. The maximum Gasteiger partial charge on any atom is 0.422 e. The van der Waals surface area contributed by atoms with Gasteiger partial charge in [0.15, 0.2) is 6.61 Å². The summed E-state index contributed by atoms with van der Waals surface area (Å²) < 4.78 is 63.5. The SMILES string of the molecule is NS(=O)(=O)c1cccc(C(=O)NCc2ccnc(OCC(F)(F)F)c2)c1. The van der Waals surface area contributed by atoms with Crippen LogP contribution in [0.25, 0.3) is 0 Å². The van der Waals surface area contributed by atoms with E-state index in [4.69, 9.17) is 5.14 Å². The standard InChI is InChI=1S/C15H14F3N3O4S/c16-15(17,18)9-25-13-6-10(4-5-20-13)8-21-14(22)11-2-1-3-12(7-11)26(19,23)24/h1-7H,8-9H2,(H,21,22)(H2,19,23,24). The Morgan fingerprint density at radius 3 is 2.62 bits per heavy atom. The van der Waals surface area contributed by atoms with Crippen LogP contribution in [0.4, 0.5) is 13.2 Å². The van der Waals surface area contributed by atoms with Crippen LogP contribution in [-0.2, 0) is 16.6 Å². The zero-order valence-electron chi connectivity index (χ0n) is 13.2. The molecule has 0 aliphatic rings. The smallest absolute Gasteiger partial charge is 0.422 e. The van der Waals surface area contributed by atoms with Crippen molar-refractivity contribution in [2.45, 2.75) is 17.6 Å². The maximum atomic E-state index is 12.1. The highest BCUT2D eigenvalue weighted by Crippen LogP contribution is 2.17. The summed E-state index contributed by atoms with van der Waals surface area (Å²) in [6.07, 6.45) is -3.24. The van der Waals surface area contributed by atoms with E-state index in [0.29, 0.717) is 5.56 Å². The van der Waals surface area contributed by atoms with E-state index in [1.807, 2.05) is 0 Å². The van der Waals surface area contributed by atoms with Crippen LogP contribution < -0.4 is 15.2 Å². The lowest BCUT2D eigenvalue weighted by Crippen LogP contribution is -2.23. The van der Waals surface area contributed by atoms with Gasteiger partial charge in [-0.1, -0.05) is 6.07 Å². The van der Waals surface area contributed by atoms with E-state index in [1.165, 1.54) is 36.5 Å². The number of sulfonamides is 1. The second kappa shape index (κ2) is 7.70. The fraction of sp³-hybridized carbons (Fsp3) is 0.200. The average Bonchev–Trinajstić information content (AvgIpc) is 2.57. The van der Waals surface area contributed by atoms with E-state index >= 15 is 0 Å². The number of hydrogen-bond donors (Lipinski definition) is 2. The van der Waals surface area contributed by atoms with E-state index in [9.17, 15) is 26.4 Å². The van der Waals surface area contributed by atoms with E-state index in [2.05, 4.69) is 15.0 Å². The molecule has 11 heteroatoms. The van der Waals surface area contributed by atoms with Crippen LogP contribution in [0.3, 0.4) is 0 Å². The summed E-state index contributed by atoms with van der Waals surface area (Å²) in [6, 6.07) is 7.88. The van der Waals surface area contributed by atoms with Crippen LogP contribution in [0.1, 0.15) is 15.9 Å². The first-order valence-electron chi connectivity index (χ1n) is 7.10. The van der Waals surface area contributed by atoms with Gasteiger partial charge in [0.2, 0.25) is 15.9 Å². The van der Waals surface area contributed by atoms with E-state index in [1.54, 1.807) is 0 Å². The molecule has 0 radical (unpaired) electrons. The van der Waals surface area contributed by atoms with E-state index in [-0.39, 0.29) is 22.9 Å². The molecule has 7 nitrogen and oxygen atoms in total. The fourth-order valence-electron chi connectivity index (χ4n) is 1.89. The van der Waals surface area contributed by atoms with Crippen molar-refractivity contribution < 1.29 is 31.1 Å². The Bertz CT molecular complexity index is 901. The van der Waals surface area contributed by atoms with Crippen LogP contribution in [0.15, 0.2) is 47.5 Å². The number of nitrogens with zero attached hydrogens (tertiary/aromatic N) is 1. The van der Waals surface area contributed by atoms with Crippen LogP contribution in [0.2, 0.25) is 0 Å². The molecule has 0 spiro atoms. The van der Waals surface area contributed by atoms with Crippen LogP contribution in [0.5, 0.6) is 5.88 Å². The quantitative estimate of drug-likeness (QED) is 0.780. The predicted octanol–water partition coefficient (Wildman–Crippen LogP) is 1.60. The summed E-state index contributed by atoms with van der Waals surface area (Å²) >= 11 is 0. The molecule has 1 heterocycles. The first-order valence-corrected chi connectivity index (χ1v) is 8.65. The largest absolute Gasteiger partial charge is 0.468 e. The van der Waals surface area contributed by atoms with Crippen molar-refractivity contribution in [3.63, 3.8) is 0 Å². The molecule has 140 valence electrons. The molecule has 0 saturated heterocycles. The third-order valence-electron chi connectivity index (χ3n) is 3.06. The summed E-state index contributed by atoms with van der Waals surface area (Å²) in [7, 11) is -3.95. The number of halogens is 3. The number of alkyl halides is 3. The summed E-state index contributed by atoms with van der Waals surface area (Å²) in [6.45, 7) is -1.50. The van der Waals surface area contributed by atoms with Crippen LogP contribution in [-0.4, -0.2) is 32.1 Å². The molecule has 0 saturated carbocycles. The monoisotopic (exact) mass is 389 g/mol. The van der Waals surface area contributed by atoms with Crippen molar-refractivity contribution >= 4 is 15.9 Å². The number of primary sulfonamides is 1. The molecule has 1 aromatic heterocycles. The molecule has 0 fully saturated rings. The second-order valence-corrected chi connectivity index (χ2v) is 6.72. The van der Waals surface area contributed by atoms with Crippen molar-refractivity contribution in [3.05, 3.63) is 53.7 Å². The van der Waals surface area contributed by atoms with Gasteiger partial charge in [0.05, 0.1) is 4.90 Å². The highest BCUT2D eigenvalue weighted by molar-refractivity contribution is 7.89. The molecule has 0 bridgehead atoms. The Labute approximate surface area is 147 Å². The number of aromatic nitrogens is 1. The summed E-state index contributed by atoms with van der Waals surface area (Å²) in [5.74, 6) is -0.810. The molecular formula is C15H14F3N3O4S. The lowest BCUT2D eigenvalue weighted by atomic mass is 10.2. The van der Waals surface area contributed by atoms with Gasteiger partial charge < -0.3 is 10.1 Å². The first-order chi connectivity index (χ1) is 12.0. The molecule has 26 heavy (non-hydrogen) atoms. The summed E-state index contributed by atoms with van der Waals surface area (Å²) in [4.78, 5) is 15.5. The van der Waals surface area contributed by atoms with Crippen molar-refractivity contribution in [2.24, 2.45) is 5.14 Å². The highest BCUT2D eigenvalue weighted by atomic mass is 32.2. The summed E-state index contributed by atoms with van der Waals surface area (Å²) in [5.41, 5.74) is 0.521. The molecular weight excluding hydrogens is 375 g/mol. The number of nitrogens with one attached hydrogen (secondary N) is 1. The lowest BCUT2D eigenvalue weighted by molar-refractivity contribution is -0.154. The number of amides is 1. The molecule has 1 aromatic carbocycles.